The van der Waals surface area contributed by atoms with Crippen LogP contribution in [-0.4, -0.2) is 15.0 Å². The zero-order valence-electron chi connectivity index (χ0n) is 29.2. The van der Waals surface area contributed by atoms with Gasteiger partial charge in [-0.05, 0) is 108 Å². The summed E-state index contributed by atoms with van der Waals surface area (Å²) in [6, 6.07) is 62.9. The predicted octanol–water partition coefficient (Wildman–Crippen LogP) is 13.5. The Bertz CT molecular complexity index is 3270. The lowest BCUT2D eigenvalue weighted by Gasteiger charge is -2.16. The number of hydrogen-bond acceptors (Lipinski definition) is 3. The summed E-state index contributed by atoms with van der Waals surface area (Å²) in [5.41, 5.74) is 10.3. The second kappa shape index (κ2) is 12.2. The minimum absolute atomic E-state index is 0.888. The van der Waals surface area contributed by atoms with Crippen LogP contribution in [0, 0.1) is 0 Å². The van der Waals surface area contributed by atoms with Crippen molar-refractivity contribution in [1.29, 1.82) is 0 Å². The molecule has 0 radical (unpaired) electrons. The second-order valence-corrected chi connectivity index (χ2v) is 14.0. The van der Waals surface area contributed by atoms with Crippen molar-refractivity contribution in [1.82, 2.24) is 15.0 Å². The van der Waals surface area contributed by atoms with Crippen molar-refractivity contribution in [2.75, 3.05) is 0 Å². The first-order valence-corrected chi connectivity index (χ1v) is 18.3. The molecule has 0 spiro atoms. The van der Waals surface area contributed by atoms with E-state index in [0.717, 1.165) is 61.0 Å². The summed E-state index contributed by atoms with van der Waals surface area (Å²) in [5.74, 6) is 0. The van der Waals surface area contributed by atoms with E-state index in [4.69, 9.17) is 15.0 Å². The average molecular weight is 686 g/mol. The lowest BCUT2D eigenvalue weighted by atomic mass is 9.90. The van der Waals surface area contributed by atoms with Gasteiger partial charge in [-0.15, -0.1) is 0 Å². The highest BCUT2D eigenvalue weighted by Gasteiger charge is 2.17. The van der Waals surface area contributed by atoms with Gasteiger partial charge >= 0.3 is 0 Å². The van der Waals surface area contributed by atoms with Crippen LogP contribution in [-0.2, 0) is 0 Å². The van der Waals surface area contributed by atoms with E-state index in [0.29, 0.717) is 0 Å². The van der Waals surface area contributed by atoms with Crippen molar-refractivity contribution < 1.29 is 0 Å². The first-order chi connectivity index (χ1) is 26.7. The summed E-state index contributed by atoms with van der Waals surface area (Å²) < 4.78 is 0. The van der Waals surface area contributed by atoms with E-state index in [9.17, 15) is 0 Å². The third kappa shape index (κ3) is 4.94. The average Bonchev–Trinajstić information content (AvgIpc) is 3.25. The maximum atomic E-state index is 5.40. The third-order valence-corrected chi connectivity index (χ3v) is 10.9. The van der Waals surface area contributed by atoms with Gasteiger partial charge in [-0.2, -0.15) is 0 Å². The van der Waals surface area contributed by atoms with Gasteiger partial charge in [0.15, 0.2) is 0 Å². The smallest absolute Gasteiger partial charge is 0.0722 e. The van der Waals surface area contributed by atoms with E-state index < -0.39 is 0 Å². The monoisotopic (exact) mass is 685 g/mol. The molecule has 0 atom stereocenters. The SMILES string of the molecule is c1ccc2ncc(-c3ccc(-c4cc(-c5cc6ccccc6c6ccccc56)nc5ccc(-c6cc7ccccc7c7ccccc67)cc45)cn3)cc2c1. The zero-order chi connectivity index (χ0) is 35.6. The van der Waals surface area contributed by atoms with Crippen molar-refractivity contribution in [3.8, 4) is 44.8 Å². The molecule has 0 fully saturated rings. The predicted molar refractivity (Wildman–Crippen MR) is 227 cm³/mol. The Morgan fingerprint density at radius 2 is 0.833 bits per heavy atom. The summed E-state index contributed by atoms with van der Waals surface area (Å²) in [5, 5.41) is 12.0. The van der Waals surface area contributed by atoms with Gasteiger partial charge in [0.2, 0.25) is 0 Å². The molecule has 250 valence electrons. The van der Waals surface area contributed by atoms with Crippen LogP contribution >= 0.6 is 0 Å². The highest BCUT2D eigenvalue weighted by Crippen LogP contribution is 2.41. The molecule has 0 N–H and O–H groups in total. The number of para-hydroxylation sites is 1. The fraction of sp³-hybridized carbons (Fsp3) is 0. The van der Waals surface area contributed by atoms with Crippen LogP contribution in [0.5, 0.6) is 0 Å². The van der Waals surface area contributed by atoms with Crippen molar-refractivity contribution in [2.45, 2.75) is 0 Å². The Labute approximate surface area is 311 Å². The standard InChI is InChI=1S/C51H31N3/c1-4-14-38-32(11-1)26-44(42-18-8-6-16-40(38)42)34-21-24-50-47(28-34)45(36-22-23-49(52-30-36)37-25-35-13-3-10-20-48(35)53-31-37)29-51(54-50)46-27-33-12-2-5-15-39(33)41-17-7-9-19-43(41)46/h1-31H. The molecule has 0 aliphatic heterocycles. The van der Waals surface area contributed by atoms with Gasteiger partial charge < -0.3 is 0 Å². The van der Waals surface area contributed by atoms with Gasteiger partial charge in [0.1, 0.15) is 0 Å². The largest absolute Gasteiger partial charge is 0.256 e. The molecule has 54 heavy (non-hydrogen) atoms. The number of hydrogen-bond donors (Lipinski definition) is 0. The molecule has 11 rings (SSSR count). The van der Waals surface area contributed by atoms with Crippen LogP contribution in [0.3, 0.4) is 0 Å². The highest BCUT2D eigenvalue weighted by molar-refractivity contribution is 6.16. The molecule has 0 unspecified atom stereocenters. The lowest BCUT2D eigenvalue weighted by Crippen LogP contribution is -1.94. The first kappa shape index (κ1) is 30.4. The molecule has 0 bridgehead atoms. The van der Waals surface area contributed by atoms with Crippen molar-refractivity contribution in [2.24, 2.45) is 0 Å². The molecule has 0 aliphatic rings. The Balaban J connectivity index is 1.14. The van der Waals surface area contributed by atoms with Crippen molar-refractivity contribution in [3.05, 3.63) is 188 Å². The molecule has 0 saturated heterocycles. The maximum Gasteiger partial charge on any atom is 0.0722 e. The molecule has 3 aromatic heterocycles. The minimum atomic E-state index is 0.888. The maximum absolute atomic E-state index is 5.40. The van der Waals surface area contributed by atoms with Crippen LogP contribution in [0.2, 0.25) is 0 Å². The van der Waals surface area contributed by atoms with Crippen LogP contribution in [0.4, 0.5) is 0 Å². The molecule has 3 heterocycles. The normalized spacial score (nSPS) is 11.7. The quantitative estimate of drug-likeness (QED) is 0.173. The van der Waals surface area contributed by atoms with E-state index >= 15 is 0 Å². The summed E-state index contributed by atoms with van der Waals surface area (Å²) in [6.45, 7) is 0. The Morgan fingerprint density at radius 3 is 1.54 bits per heavy atom. The van der Waals surface area contributed by atoms with Gasteiger partial charge in [-0.3, -0.25) is 9.97 Å². The fourth-order valence-electron chi connectivity index (χ4n) is 8.26. The number of fused-ring (bicyclic) bond motifs is 8. The van der Waals surface area contributed by atoms with E-state index in [1.165, 1.54) is 48.7 Å². The first-order valence-electron chi connectivity index (χ1n) is 18.3. The van der Waals surface area contributed by atoms with Crippen molar-refractivity contribution in [3.63, 3.8) is 0 Å². The topological polar surface area (TPSA) is 38.7 Å². The molecule has 3 heteroatoms. The number of pyridine rings is 3. The molecule has 0 saturated carbocycles. The summed E-state index contributed by atoms with van der Waals surface area (Å²) in [7, 11) is 0. The third-order valence-electron chi connectivity index (χ3n) is 10.9. The molecular formula is C51H31N3. The van der Waals surface area contributed by atoms with Crippen LogP contribution in [0.1, 0.15) is 0 Å². The molecule has 11 aromatic rings. The minimum Gasteiger partial charge on any atom is -0.256 e. The van der Waals surface area contributed by atoms with E-state index in [2.05, 4.69) is 158 Å². The van der Waals surface area contributed by atoms with E-state index in [1.54, 1.807) is 0 Å². The fourth-order valence-corrected chi connectivity index (χ4v) is 8.26. The lowest BCUT2D eigenvalue weighted by molar-refractivity contribution is 1.30. The van der Waals surface area contributed by atoms with Crippen LogP contribution < -0.4 is 0 Å². The summed E-state index contributed by atoms with van der Waals surface area (Å²) >= 11 is 0. The number of nitrogens with zero attached hydrogens (tertiary/aromatic N) is 3. The molecule has 3 nitrogen and oxygen atoms in total. The van der Waals surface area contributed by atoms with Crippen LogP contribution in [0.15, 0.2) is 188 Å². The molecule has 8 aromatic carbocycles. The highest BCUT2D eigenvalue weighted by atomic mass is 14.7. The van der Waals surface area contributed by atoms with Crippen molar-refractivity contribution >= 4 is 64.9 Å². The zero-order valence-corrected chi connectivity index (χ0v) is 29.2. The van der Waals surface area contributed by atoms with E-state index in [1.807, 2.05) is 30.6 Å². The number of rotatable bonds is 4. The van der Waals surface area contributed by atoms with E-state index in [-0.39, 0.29) is 0 Å². The Hall–Kier alpha value is -7.23. The number of aromatic nitrogens is 3. The molecule has 0 amide bonds. The van der Waals surface area contributed by atoms with Crippen LogP contribution in [0.25, 0.3) is 110 Å². The van der Waals surface area contributed by atoms with Gasteiger partial charge in [-0.1, -0.05) is 127 Å². The summed E-state index contributed by atoms with van der Waals surface area (Å²) in [4.78, 5) is 15.1. The van der Waals surface area contributed by atoms with Gasteiger partial charge in [0.05, 0.1) is 22.4 Å². The van der Waals surface area contributed by atoms with Gasteiger partial charge in [0, 0.05) is 39.9 Å². The Morgan fingerprint density at radius 1 is 0.278 bits per heavy atom. The summed E-state index contributed by atoms with van der Waals surface area (Å²) in [6.07, 6.45) is 3.91. The number of benzene rings is 8. The van der Waals surface area contributed by atoms with Gasteiger partial charge in [0.25, 0.3) is 0 Å². The van der Waals surface area contributed by atoms with Gasteiger partial charge in [-0.25, -0.2) is 4.98 Å². The Kier molecular flexibility index (Phi) is 6.86. The molecular weight excluding hydrogens is 655 g/mol. The molecule has 0 aliphatic carbocycles. The second-order valence-electron chi connectivity index (χ2n) is 14.0.